The molecule has 1 aliphatic rings. The highest BCUT2D eigenvalue weighted by atomic mass is 19.1. The highest BCUT2D eigenvalue weighted by Gasteiger charge is 2.38. The fraction of sp³-hybridized carbons (Fsp3) is 0.280. The van der Waals surface area contributed by atoms with Crippen LogP contribution in [0, 0.1) is 30.3 Å². The first kappa shape index (κ1) is 21.3. The summed E-state index contributed by atoms with van der Waals surface area (Å²) in [6.45, 7) is 2.30. The van der Waals surface area contributed by atoms with Gasteiger partial charge in [-0.1, -0.05) is 0 Å². The van der Waals surface area contributed by atoms with E-state index < -0.39 is 11.6 Å². The number of hydrogen-bond acceptors (Lipinski definition) is 2. The Morgan fingerprint density at radius 1 is 1.12 bits per heavy atom. The van der Waals surface area contributed by atoms with E-state index in [0.29, 0.717) is 36.0 Å². The van der Waals surface area contributed by atoms with Gasteiger partial charge in [-0.05, 0) is 73.2 Å². The second-order valence-corrected chi connectivity index (χ2v) is 8.71. The summed E-state index contributed by atoms with van der Waals surface area (Å²) in [4.78, 5) is 15.7. The summed E-state index contributed by atoms with van der Waals surface area (Å²) in [7, 11) is 1.85. The second-order valence-electron chi connectivity index (χ2n) is 8.71. The van der Waals surface area contributed by atoms with Crippen LogP contribution < -0.4 is 5.32 Å². The number of hydrogen-bond donors (Lipinski definition) is 2. The monoisotopic (exact) mass is 452 g/mol. The molecule has 33 heavy (non-hydrogen) atoms. The van der Waals surface area contributed by atoms with Crippen molar-refractivity contribution in [2.45, 2.75) is 32.2 Å². The lowest BCUT2D eigenvalue weighted by molar-refractivity contribution is -0.128. The van der Waals surface area contributed by atoms with Crippen molar-refractivity contribution in [2.75, 3.05) is 0 Å². The molecule has 170 valence electrons. The van der Waals surface area contributed by atoms with Crippen LogP contribution in [-0.2, 0) is 18.4 Å². The Hall–Kier alpha value is -3.55. The fourth-order valence-electron chi connectivity index (χ4n) is 4.62. The fourth-order valence-corrected chi connectivity index (χ4v) is 4.62. The van der Waals surface area contributed by atoms with Gasteiger partial charge in [-0.3, -0.25) is 9.48 Å². The Labute approximate surface area is 188 Å². The van der Waals surface area contributed by atoms with Gasteiger partial charge in [0.2, 0.25) is 5.91 Å². The van der Waals surface area contributed by atoms with Gasteiger partial charge in [0.25, 0.3) is 0 Å². The molecule has 4 aromatic rings. The predicted octanol–water partition coefficient (Wildman–Crippen LogP) is 5.10. The number of benzene rings is 2. The molecule has 0 bridgehead atoms. The van der Waals surface area contributed by atoms with Crippen LogP contribution in [0.2, 0.25) is 0 Å². The van der Waals surface area contributed by atoms with Crippen molar-refractivity contribution < 1.29 is 18.0 Å². The van der Waals surface area contributed by atoms with Crippen molar-refractivity contribution in [3.63, 3.8) is 0 Å². The average Bonchev–Trinajstić information content (AvgIpc) is 3.26. The predicted molar refractivity (Wildman–Crippen MR) is 119 cm³/mol. The maximum atomic E-state index is 14.5. The molecule has 2 N–H and O–H groups in total. The van der Waals surface area contributed by atoms with Gasteiger partial charge in [0.1, 0.15) is 17.5 Å². The maximum Gasteiger partial charge on any atom is 0.223 e. The van der Waals surface area contributed by atoms with Gasteiger partial charge < -0.3 is 10.3 Å². The van der Waals surface area contributed by atoms with Gasteiger partial charge in [0, 0.05) is 30.1 Å². The van der Waals surface area contributed by atoms with Crippen LogP contribution in [0.4, 0.5) is 13.2 Å². The minimum atomic E-state index is -0.682. The molecule has 1 fully saturated rings. The topological polar surface area (TPSA) is 62.7 Å². The van der Waals surface area contributed by atoms with Gasteiger partial charge >= 0.3 is 0 Å². The third-order valence-electron chi connectivity index (χ3n) is 6.52. The second kappa shape index (κ2) is 8.10. The first-order valence-electron chi connectivity index (χ1n) is 10.8. The van der Waals surface area contributed by atoms with Crippen molar-refractivity contribution in [3.8, 4) is 11.3 Å². The third kappa shape index (κ3) is 3.90. The van der Waals surface area contributed by atoms with E-state index in [4.69, 9.17) is 0 Å². The number of carbonyl (C=O) groups is 1. The Kier molecular flexibility index (Phi) is 5.23. The number of aromatic nitrogens is 3. The molecular formula is C25H23F3N4O. The normalized spacial score (nSPS) is 17.8. The van der Waals surface area contributed by atoms with Gasteiger partial charge in [0.05, 0.1) is 23.4 Å². The molecule has 1 saturated carbocycles. The highest BCUT2D eigenvalue weighted by molar-refractivity contribution is 5.92. The van der Waals surface area contributed by atoms with Crippen LogP contribution in [0.5, 0.6) is 0 Å². The molecule has 5 rings (SSSR count). The Balaban J connectivity index is 1.39. The molecule has 0 saturated heterocycles. The lowest BCUT2D eigenvalue weighted by atomic mass is 9.70. The largest absolute Gasteiger partial charge is 0.352 e. The molecule has 2 heterocycles. The van der Waals surface area contributed by atoms with E-state index in [1.807, 2.05) is 20.0 Å². The number of amides is 1. The van der Waals surface area contributed by atoms with E-state index in [1.165, 1.54) is 18.2 Å². The number of fused-ring (bicyclic) bond motifs is 1. The number of carbonyl (C=O) groups excluding carboxylic acids is 1. The quantitative estimate of drug-likeness (QED) is 0.442. The van der Waals surface area contributed by atoms with Crippen LogP contribution in [0.1, 0.15) is 35.7 Å². The van der Waals surface area contributed by atoms with E-state index in [9.17, 15) is 18.0 Å². The summed E-state index contributed by atoms with van der Waals surface area (Å²) >= 11 is 0. The van der Waals surface area contributed by atoms with Gasteiger partial charge in [-0.15, -0.1) is 0 Å². The van der Waals surface area contributed by atoms with Crippen LogP contribution >= 0.6 is 0 Å². The average molecular weight is 452 g/mol. The molecular weight excluding hydrogens is 429 g/mol. The zero-order chi connectivity index (χ0) is 23.3. The van der Waals surface area contributed by atoms with Crippen LogP contribution in [-0.4, -0.2) is 20.7 Å². The smallest absolute Gasteiger partial charge is 0.223 e. The van der Waals surface area contributed by atoms with E-state index in [0.717, 1.165) is 23.0 Å². The first-order valence-corrected chi connectivity index (χ1v) is 10.8. The SMILES string of the molecule is Cc1cc(CNC(=O)[C@H]2C[C@H](c3c(-c4ccc(F)cc4)[nH]c4c(F)cc(F)cc43)C2)nn1C. The number of H-pyrrole nitrogens is 1. The Bertz CT molecular complexity index is 1330. The molecule has 0 atom stereocenters. The maximum absolute atomic E-state index is 14.5. The number of aromatic amines is 1. The van der Waals surface area contributed by atoms with Crippen LogP contribution in [0.3, 0.4) is 0 Å². The summed E-state index contributed by atoms with van der Waals surface area (Å²) in [6, 6.07) is 9.95. The van der Waals surface area contributed by atoms with Crippen LogP contribution in [0.25, 0.3) is 22.2 Å². The van der Waals surface area contributed by atoms with Crippen molar-refractivity contribution in [1.29, 1.82) is 0 Å². The molecule has 1 aliphatic carbocycles. The minimum Gasteiger partial charge on any atom is -0.352 e. The van der Waals surface area contributed by atoms with Gasteiger partial charge in [-0.2, -0.15) is 5.10 Å². The molecule has 2 aromatic carbocycles. The van der Waals surface area contributed by atoms with Gasteiger partial charge in [-0.25, -0.2) is 13.2 Å². The van der Waals surface area contributed by atoms with E-state index >= 15 is 0 Å². The molecule has 8 heteroatoms. The molecule has 5 nitrogen and oxygen atoms in total. The van der Waals surface area contributed by atoms with E-state index in [2.05, 4.69) is 15.4 Å². The number of rotatable bonds is 5. The van der Waals surface area contributed by atoms with Crippen molar-refractivity contribution in [3.05, 3.63) is 76.9 Å². The number of nitrogens with zero attached hydrogens (tertiary/aromatic N) is 2. The lowest BCUT2D eigenvalue weighted by Crippen LogP contribution is -2.37. The van der Waals surface area contributed by atoms with Crippen molar-refractivity contribution in [1.82, 2.24) is 20.1 Å². The van der Waals surface area contributed by atoms with Crippen molar-refractivity contribution >= 4 is 16.8 Å². The summed E-state index contributed by atoms with van der Waals surface area (Å²) in [6.07, 6.45) is 1.12. The summed E-state index contributed by atoms with van der Waals surface area (Å²) in [5.74, 6) is -2.02. The zero-order valence-electron chi connectivity index (χ0n) is 18.3. The summed E-state index contributed by atoms with van der Waals surface area (Å²) in [5.41, 5.74) is 4.09. The molecule has 0 unspecified atom stereocenters. The van der Waals surface area contributed by atoms with E-state index in [-0.39, 0.29) is 29.1 Å². The Morgan fingerprint density at radius 3 is 2.52 bits per heavy atom. The molecule has 2 aromatic heterocycles. The summed E-state index contributed by atoms with van der Waals surface area (Å²) in [5, 5.41) is 7.73. The highest BCUT2D eigenvalue weighted by Crippen LogP contribution is 2.48. The zero-order valence-corrected chi connectivity index (χ0v) is 18.3. The molecule has 0 aliphatic heterocycles. The molecule has 1 amide bonds. The number of aryl methyl sites for hydroxylation is 2. The van der Waals surface area contributed by atoms with Crippen molar-refractivity contribution in [2.24, 2.45) is 13.0 Å². The van der Waals surface area contributed by atoms with Crippen LogP contribution in [0.15, 0.2) is 42.5 Å². The molecule has 0 radical (unpaired) electrons. The lowest BCUT2D eigenvalue weighted by Gasteiger charge is -2.35. The van der Waals surface area contributed by atoms with Gasteiger partial charge in [0.15, 0.2) is 0 Å². The molecule has 0 spiro atoms. The third-order valence-corrected chi connectivity index (χ3v) is 6.52. The standard InChI is InChI=1S/C25H23F3N4O/c1-13-7-19(31-32(13)2)12-29-25(33)16-8-15(9-16)22-20-10-18(27)11-21(28)24(20)30-23(22)14-3-5-17(26)6-4-14/h3-7,10-11,15-16,30H,8-9,12H2,1-2H3,(H,29,33)/t15-,16-. The minimum absolute atomic E-state index is 0.0483. The Morgan fingerprint density at radius 2 is 1.85 bits per heavy atom. The van der Waals surface area contributed by atoms with E-state index in [1.54, 1.807) is 16.8 Å². The number of halogens is 3. The first-order chi connectivity index (χ1) is 15.8. The number of nitrogens with one attached hydrogen (secondary N) is 2. The summed E-state index contributed by atoms with van der Waals surface area (Å²) < 4.78 is 43.8.